The van der Waals surface area contributed by atoms with E-state index in [0.29, 0.717) is 6.04 Å². The molecule has 2 aliphatic carbocycles. The molecule has 100 valence electrons. The van der Waals surface area contributed by atoms with Crippen LogP contribution in [-0.4, -0.2) is 9.55 Å². The molecule has 2 aliphatic rings. The van der Waals surface area contributed by atoms with E-state index in [1.165, 1.54) is 36.8 Å². The second kappa shape index (κ2) is 3.83. The van der Waals surface area contributed by atoms with Gasteiger partial charge in [0.25, 0.3) is 0 Å². The number of nitrogens with zero attached hydrogens (tertiary/aromatic N) is 2. The molecule has 1 aromatic carbocycles. The van der Waals surface area contributed by atoms with Gasteiger partial charge in [0, 0.05) is 6.04 Å². The largest absolute Gasteiger partial charge is 0.323 e. The molecule has 0 atom stereocenters. The summed E-state index contributed by atoms with van der Waals surface area (Å²) < 4.78 is 2.44. The van der Waals surface area contributed by atoms with Crippen LogP contribution in [0.15, 0.2) is 18.2 Å². The Kier molecular flexibility index (Phi) is 2.31. The second-order valence-corrected chi connectivity index (χ2v) is 6.39. The summed E-state index contributed by atoms with van der Waals surface area (Å²) in [5, 5.41) is 0. The number of fused-ring (bicyclic) bond motifs is 1. The molecule has 2 fully saturated rings. The lowest BCUT2D eigenvalue weighted by Crippen LogP contribution is -2.36. The molecule has 4 rings (SSSR count). The predicted molar refractivity (Wildman–Crippen MR) is 77.1 cm³/mol. The first-order valence-corrected chi connectivity index (χ1v) is 7.45. The van der Waals surface area contributed by atoms with Gasteiger partial charge in [-0.25, -0.2) is 4.98 Å². The van der Waals surface area contributed by atoms with Crippen LogP contribution in [-0.2, 0) is 5.54 Å². The van der Waals surface area contributed by atoms with Gasteiger partial charge >= 0.3 is 0 Å². The van der Waals surface area contributed by atoms with Gasteiger partial charge in [-0.1, -0.05) is 18.9 Å². The van der Waals surface area contributed by atoms with Crippen LogP contribution in [0.2, 0.25) is 0 Å². The number of aromatic nitrogens is 2. The third kappa shape index (κ3) is 1.71. The zero-order valence-electron chi connectivity index (χ0n) is 11.5. The van der Waals surface area contributed by atoms with Crippen molar-refractivity contribution in [2.75, 3.05) is 0 Å². The van der Waals surface area contributed by atoms with Gasteiger partial charge in [-0.05, 0) is 50.3 Å². The maximum atomic E-state index is 6.67. The minimum absolute atomic E-state index is 0.185. The normalized spacial score (nSPS) is 22.2. The molecule has 0 unspecified atom stereocenters. The minimum Gasteiger partial charge on any atom is -0.323 e. The molecule has 0 bridgehead atoms. The molecule has 2 aromatic rings. The van der Waals surface area contributed by atoms with E-state index in [9.17, 15) is 0 Å². The third-order valence-electron chi connectivity index (χ3n) is 4.70. The van der Waals surface area contributed by atoms with Crippen LogP contribution >= 0.6 is 0 Å². The van der Waals surface area contributed by atoms with Crippen LogP contribution in [0.3, 0.4) is 0 Å². The highest BCUT2D eigenvalue weighted by Crippen LogP contribution is 2.44. The van der Waals surface area contributed by atoms with E-state index in [0.717, 1.165) is 24.2 Å². The molecule has 0 saturated heterocycles. The molecule has 3 heteroatoms. The fourth-order valence-electron chi connectivity index (χ4n) is 3.49. The number of aryl methyl sites for hydroxylation is 1. The van der Waals surface area contributed by atoms with Gasteiger partial charge in [0.2, 0.25) is 0 Å². The van der Waals surface area contributed by atoms with Gasteiger partial charge in [-0.3, -0.25) is 0 Å². The van der Waals surface area contributed by atoms with Crippen molar-refractivity contribution < 1.29 is 0 Å². The Morgan fingerprint density at radius 3 is 2.68 bits per heavy atom. The van der Waals surface area contributed by atoms with Crippen LogP contribution in [0, 0.1) is 6.92 Å². The number of hydrogen-bond donors (Lipinski definition) is 1. The first kappa shape index (κ1) is 11.5. The van der Waals surface area contributed by atoms with Crippen molar-refractivity contribution in [3.8, 4) is 0 Å². The molecule has 0 aliphatic heterocycles. The first-order valence-electron chi connectivity index (χ1n) is 7.45. The van der Waals surface area contributed by atoms with E-state index in [1.54, 1.807) is 0 Å². The van der Waals surface area contributed by atoms with E-state index in [1.807, 2.05) is 0 Å². The van der Waals surface area contributed by atoms with Crippen LogP contribution in [0.5, 0.6) is 0 Å². The van der Waals surface area contributed by atoms with Crippen molar-refractivity contribution in [1.29, 1.82) is 0 Å². The number of rotatable bonds is 2. The number of imidazole rings is 1. The van der Waals surface area contributed by atoms with Gasteiger partial charge in [0.1, 0.15) is 5.82 Å². The zero-order chi connectivity index (χ0) is 13.0. The topological polar surface area (TPSA) is 43.8 Å². The second-order valence-electron chi connectivity index (χ2n) is 6.39. The van der Waals surface area contributed by atoms with Crippen LogP contribution in [0.4, 0.5) is 0 Å². The highest BCUT2D eigenvalue weighted by atomic mass is 15.2. The number of hydrogen-bond acceptors (Lipinski definition) is 2. The maximum absolute atomic E-state index is 6.67. The Labute approximate surface area is 113 Å². The highest BCUT2D eigenvalue weighted by molar-refractivity contribution is 5.77. The van der Waals surface area contributed by atoms with Gasteiger partial charge in [0.05, 0.1) is 16.6 Å². The lowest BCUT2D eigenvalue weighted by atomic mass is 9.98. The lowest BCUT2D eigenvalue weighted by molar-refractivity contribution is 0.411. The van der Waals surface area contributed by atoms with Crippen molar-refractivity contribution in [1.82, 2.24) is 9.55 Å². The first-order chi connectivity index (χ1) is 9.17. The summed E-state index contributed by atoms with van der Waals surface area (Å²) in [5.74, 6) is 1.15. The third-order valence-corrected chi connectivity index (χ3v) is 4.70. The number of benzene rings is 1. The Balaban J connectivity index is 1.96. The maximum Gasteiger partial charge on any atom is 0.130 e. The molecule has 1 heterocycles. The molecular weight excluding hydrogens is 234 g/mol. The molecule has 1 aromatic heterocycles. The fraction of sp³-hybridized carbons (Fsp3) is 0.562. The van der Waals surface area contributed by atoms with Gasteiger partial charge in [-0.2, -0.15) is 0 Å². The van der Waals surface area contributed by atoms with Crippen molar-refractivity contribution in [3.05, 3.63) is 29.6 Å². The Morgan fingerprint density at radius 2 is 2.00 bits per heavy atom. The smallest absolute Gasteiger partial charge is 0.130 e. The van der Waals surface area contributed by atoms with E-state index in [2.05, 4.69) is 29.7 Å². The number of nitrogens with two attached hydrogens (primary N) is 1. The van der Waals surface area contributed by atoms with E-state index >= 15 is 0 Å². The lowest BCUT2D eigenvalue weighted by Gasteiger charge is -2.24. The fourth-order valence-corrected chi connectivity index (χ4v) is 3.49. The summed E-state index contributed by atoms with van der Waals surface area (Å²) in [4.78, 5) is 4.93. The summed E-state index contributed by atoms with van der Waals surface area (Å²) in [6.45, 7) is 2.13. The monoisotopic (exact) mass is 255 g/mol. The molecule has 0 amide bonds. The molecule has 0 spiro atoms. The average molecular weight is 255 g/mol. The molecule has 2 N–H and O–H groups in total. The summed E-state index contributed by atoms with van der Waals surface area (Å²) in [5.41, 5.74) is 10.2. The Morgan fingerprint density at radius 1 is 1.26 bits per heavy atom. The minimum atomic E-state index is -0.185. The summed E-state index contributed by atoms with van der Waals surface area (Å²) >= 11 is 0. The van der Waals surface area contributed by atoms with Gasteiger partial charge in [-0.15, -0.1) is 0 Å². The summed E-state index contributed by atoms with van der Waals surface area (Å²) in [6, 6.07) is 7.24. The SMILES string of the molecule is Cc1ccc2c(c1)nc(C1(N)CCCC1)n2C1CC1. The van der Waals surface area contributed by atoms with Crippen molar-refractivity contribution in [2.45, 2.75) is 57.0 Å². The molecular formula is C16H21N3. The van der Waals surface area contributed by atoms with Gasteiger partial charge in [0.15, 0.2) is 0 Å². The standard InChI is InChI=1S/C16H21N3/c1-11-4-7-14-13(10-11)18-15(19(14)12-5-6-12)16(17)8-2-3-9-16/h4,7,10,12H,2-3,5-6,8-9,17H2,1H3. The summed E-state index contributed by atoms with van der Waals surface area (Å²) in [6.07, 6.45) is 7.21. The van der Waals surface area contributed by atoms with E-state index in [4.69, 9.17) is 10.7 Å². The Bertz CT molecular complexity index is 631. The van der Waals surface area contributed by atoms with Crippen molar-refractivity contribution in [3.63, 3.8) is 0 Å². The van der Waals surface area contributed by atoms with Crippen molar-refractivity contribution in [2.24, 2.45) is 5.73 Å². The van der Waals surface area contributed by atoms with Crippen molar-refractivity contribution >= 4 is 11.0 Å². The van der Waals surface area contributed by atoms with Gasteiger partial charge < -0.3 is 10.3 Å². The van der Waals surface area contributed by atoms with E-state index < -0.39 is 0 Å². The zero-order valence-corrected chi connectivity index (χ0v) is 11.5. The Hall–Kier alpha value is -1.35. The summed E-state index contributed by atoms with van der Waals surface area (Å²) in [7, 11) is 0. The molecule has 19 heavy (non-hydrogen) atoms. The average Bonchev–Trinajstić information content (AvgIpc) is 3.01. The van der Waals surface area contributed by atoms with E-state index in [-0.39, 0.29) is 5.54 Å². The molecule has 2 saturated carbocycles. The van der Waals surface area contributed by atoms with Crippen LogP contribution < -0.4 is 5.73 Å². The quantitative estimate of drug-likeness (QED) is 0.893. The predicted octanol–water partition coefficient (Wildman–Crippen LogP) is 3.41. The van der Waals surface area contributed by atoms with Crippen LogP contribution in [0.1, 0.15) is 56.0 Å². The highest BCUT2D eigenvalue weighted by Gasteiger charge is 2.39. The van der Waals surface area contributed by atoms with Crippen LogP contribution in [0.25, 0.3) is 11.0 Å². The molecule has 3 nitrogen and oxygen atoms in total. The molecule has 0 radical (unpaired) electrons.